The third-order valence-corrected chi connectivity index (χ3v) is 10.9. The Balaban J connectivity index is 4.46. The largest absolute Gasteiger partial charge is 0.394 e. The number of allylic oxidation sites excluding steroid dienone is 12. The number of carbonyl (C=O) groups excluding carboxylic acids is 3. The number of carbonyl (C=O) groups is 3. The Labute approximate surface area is 316 Å². The molecule has 0 radical (unpaired) electrons. The molecule has 2 amide bonds. The van der Waals surface area contributed by atoms with Gasteiger partial charge in [-0.25, -0.2) is 0 Å². The van der Waals surface area contributed by atoms with Crippen LogP contribution in [0.4, 0.5) is 0 Å². The fraction of sp³-hybridized carbons (Fsp3) is 0.625. The van der Waals surface area contributed by atoms with Crippen LogP contribution in [0.3, 0.4) is 0 Å². The van der Waals surface area contributed by atoms with Crippen molar-refractivity contribution in [1.82, 2.24) is 10.6 Å². The fourth-order valence-corrected chi connectivity index (χ4v) is 7.44. The van der Waals surface area contributed by atoms with Crippen molar-refractivity contribution >= 4 is 39.2 Å². The summed E-state index contributed by atoms with van der Waals surface area (Å²) >= 11 is 0. The summed E-state index contributed by atoms with van der Waals surface area (Å²) in [6.45, 7) is 5.93. The second-order valence-corrected chi connectivity index (χ2v) is 17.1. The summed E-state index contributed by atoms with van der Waals surface area (Å²) in [5.41, 5.74) is 0. The number of rotatable bonds is 30. The molecule has 0 spiro atoms. The van der Waals surface area contributed by atoms with Gasteiger partial charge in [-0.15, -0.1) is 0 Å². The van der Waals surface area contributed by atoms with E-state index in [9.17, 15) is 29.7 Å². The van der Waals surface area contributed by atoms with E-state index in [-0.39, 0.29) is 24.5 Å². The number of nitrogens with zero attached hydrogens (tertiary/aromatic N) is 1. The molecule has 5 N–H and O–H groups in total. The van der Waals surface area contributed by atoms with E-state index in [0.29, 0.717) is 36.2 Å². The van der Waals surface area contributed by atoms with Crippen molar-refractivity contribution < 1.29 is 34.2 Å². The van der Waals surface area contributed by atoms with Crippen LogP contribution < -0.4 is 10.6 Å². The van der Waals surface area contributed by atoms with Crippen molar-refractivity contribution in [3.8, 4) is 0 Å². The van der Waals surface area contributed by atoms with Crippen molar-refractivity contribution in [3.05, 3.63) is 72.9 Å². The molecule has 0 aromatic carbocycles. The van der Waals surface area contributed by atoms with E-state index in [2.05, 4.69) is 84.4 Å². The van der Waals surface area contributed by atoms with Gasteiger partial charge in [0.05, 0.1) is 46.3 Å². The smallest absolute Gasteiger partial charge is 0.225 e. The molecule has 0 heterocycles. The molecule has 0 aliphatic rings. The lowest BCUT2D eigenvalue weighted by atomic mass is 9.87. The van der Waals surface area contributed by atoms with E-state index < -0.39 is 41.9 Å². The van der Waals surface area contributed by atoms with Gasteiger partial charge in [-0.3, -0.25) is 14.4 Å². The number of aliphatic hydroxyl groups is 3. The predicted molar refractivity (Wildman–Crippen MR) is 217 cm³/mol. The van der Waals surface area contributed by atoms with Crippen LogP contribution in [0.2, 0.25) is 0 Å². The standard InChI is InChI=1S/C40H67N3O6S2/c1-7-8-9-10-11-12-13-14-15-16-17-18-19-20-21-22-23-24-25-26-38(48)41-27-28-50-51-40(2,3)37(39(49)42-34(32-44)33-45)30-35(46)29-36(47)31-43(4,5)6/h8-9,11-12,14-15,17-18,20-21,23-24,34,36-37,44-45,47H,7,10,13,16,19,22,25-33H2,1-6H3,(H-,41,42,48,49)/p+1/b9-8-,12-11-,15-14-,18-17-,21-20-,24-23-/t36?,37-/m1/s1. The second kappa shape index (κ2) is 30.1. The van der Waals surface area contributed by atoms with Gasteiger partial charge < -0.3 is 30.4 Å². The second-order valence-electron chi connectivity index (χ2n) is 14.0. The number of likely N-dealkylation sites (N-methyl/N-ethyl adjacent to an activating group) is 1. The zero-order chi connectivity index (χ0) is 38.4. The summed E-state index contributed by atoms with van der Waals surface area (Å²) in [7, 11) is 8.75. The zero-order valence-electron chi connectivity index (χ0n) is 32.1. The minimum absolute atomic E-state index is 0.0197. The molecule has 0 aliphatic carbocycles. The topological polar surface area (TPSA) is 136 Å². The first-order chi connectivity index (χ1) is 24.3. The van der Waals surface area contributed by atoms with Crippen LogP contribution in [0.15, 0.2) is 72.9 Å². The highest BCUT2D eigenvalue weighted by molar-refractivity contribution is 8.77. The Kier molecular flexibility index (Phi) is 28.7. The number of Topliss-reactive ketones (excluding diaryl/α,β-unsaturated/α-hetero) is 1. The van der Waals surface area contributed by atoms with Crippen LogP contribution in [-0.4, -0.2) is 107 Å². The molecule has 1 unspecified atom stereocenters. The third kappa shape index (κ3) is 28.8. The predicted octanol–water partition coefficient (Wildman–Crippen LogP) is 6.24. The number of ketones is 1. The molecule has 0 saturated carbocycles. The van der Waals surface area contributed by atoms with Crippen molar-refractivity contribution in [3.63, 3.8) is 0 Å². The molecule has 51 heavy (non-hydrogen) atoms. The van der Waals surface area contributed by atoms with Gasteiger partial charge in [-0.1, -0.05) is 101 Å². The van der Waals surface area contributed by atoms with E-state index in [0.717, 1.165) is 38.5 Å². The molecule has 11 heteroatoms. The summed E-state index contributed by atoms with van der Waals surface area (Å²) in [4.78, 5) is 38.4. The average Bonchev–Trinajstić information content (AvgIpc) is 3.05. The van der Waals surface area contributed by atoms with Gasteiger partial charge >= 0.3 is 0 Å². The highest BCUT2D eigenvalue weighted by atomic mass is 33.1. The number of aliphatic hydroxyl groups excluding tert-OH is 3. The van der Waals surface area contributed by atoms with Crippen molar-refractivity contribution in [2.45, 2.75) is 102 Å². The highest BCUT2D eigenvalue weighted by Crippen LogP contribution is 2.42. The van der Waals surface area contributed by atoms with Crippen LogP contribution in [0.5, 0.6) is 0 Å². The average molecular weight is 751 g/mol. The molecular formula is C40H68N3O6S2+. The molecule has 9 nitrogen and oxygen atoms in total. The van der Waals surface area contributed by atoms with Gasteiger partial charge in [0.15, 0.2) is 0 Å². The molecular weight excluding hydrogens is 683 g/mol. The van der Waals surface area contributed by atoms with E-state index in [4.69, 9.17) is 0 Å². The van der Waals surface area contributed by atoms with Gasteiger partial charge in [-0.05, 0) is 58.8 Å². The quantitative estimate of drug-likeness (QED) is 0.0252. The van der Waals surface area contributed by atoms with Gasteiger partial charge in [0, 0.05) is 36.3 Å². The Morgan fingerprint density at radius 3 is 1.73 bits per heavy atom. The molecule has 0 bridgehead atoms. The molecule has 0 aromatic rings. The monoisotopic (exact) mass is 750 g/mol. The van der Waals surface area contributed by atoms with E-state index >= 15 is 0 Å². The third-order valence-electron chi connectivity index (χ3n) is 7.51. The summed E-state index contributed by atoms with van der Waals surface area (Å²) in [6, 6.07) is -0.824. The van der Waals surface area contributed by atoms with E-state index in [1.807, 2.05) is 41.1 Å². The van der Waals surface area contributed by atoms with E-state index in [1.54, 1.807) is 0 Å². The molecule has 0 rings (SSSR count). The minimum atomic E-state index is -0.824. The maximum atomic E-state index is 13.2. The Bertz CT molecular complexity index is 1140. The van der Waals surface area contributed by atoms with Crippen LogP contribution in [-0.2, 0) is 14.4 Å². The van der Waals surface area contributed by atoms with E-state index in [1.165, 1.54) is 21.6 Å². The normalized spacial score (nSPS) is 14.3. The SMILES string of the molecule is CC/C=C\C/C=C\C/C=C\C/C=C\C/C=C\C/C=C\CCC(=O)NCCSSC(C)(C)[C@H](CC(=O)CC(O)C[N+](C)(C)C)C(=O)NC(CO)CO. The number of quaternary nitrogens is 1. The molecule has 2 atom stereocenters. The fourth-order valence-electron chi connectivity index (χ4n) is 4.80. The molecule has 290 valence electrons. The first-order valence-corrected chi connectivity index (χ1v) is 20.6. The maximum Gasteiger partial charge on any atom is 0.225 e. The van der Waals surface area contributed by atoms with Crippen LogP contribution >= 0.6 is 21.6 Å². The Morgan fingerprint density at radius 2 is 1.25 bits per heavy atom. The Morgan fingerprint density at radius 1 is 0.765 bits per heavy atom. The molecule has 0 aliphatic heterocycles. The first kappa shape index (κ1) is 48.6. The van der Waals surface area contributed by atoms with Gasteiger partial charge in [0.1, 0.15) is 18.4 Å². The first-order valence-electron chi connectivity index (χ1n) is 18.2. The summed E-state index contributed by atoms with van der Waals surface area (Å²) < 4.78 is -0.186. The zero-order valence-corrected chi connectivity index (χ0v) is 33.7. The summed E-state index contributed by atoms with van der Waals surface area (Å²) in [5.74, 6) is -0.818. The van der Waals surface area contributed by atoms with Gasteiger partial charge in [0.2, 0.25) is 11.8 Å². The number of hydrogen-bond donors (Lipinski definition) is 5. The van der Waals surface area contributed by atoms with Crippen molar-refractivity contribution in [1.29, 1.82) is 0 Å². The van der Waals surface area contributed by atoms with Crippen molar-refractivity contribution in [2.24, 2.45) is 5.92 Å². The molecule has 0 aromatic heterocycles. The number of nitrogens with one attached hydrogen (secondary N) is 2. The maximum absolute atomic E-state index is 13.2. The van der Waals surface area contributed by atoms with Gasteiger partial charge in [-0.2, -0.15) is 0 Å². The summed E-state index contributed by atoms with van der Waals surface area (Å²) in [6.07, 6.45) is 31.7. The van der Waals surface area contributed by atoms with Gasteiger partial charge in [0.25, 0.3) is 0 Å². The summed E-state index contributed by atoms with van der Waals surface area (Å²) in [5, 5.41) is 34.9. The van der Waals surface area contributed by atoms with Crippen LogP contribution in [0.25, 0.3) is 0 Å². The molecule has 0 fully saturated rings. The van der Waals surface area contributed by atoms with Crippen LogP contribution in [0.1, 0.15) is 85.0 Å². The lowest BCUT2D eigenvalue weighted by Gasteiger charge is -2.33. The lowest BCUT2D eigenvalue weighted by molar-refractivity contribution is -0.873. The number of hydrogen-bond acceptors (Lipinski definition) is 8. The number of amides is 2. The lowest BCUT2D eigenvalue weighted by Crippen LogP contribution is -2.48. The minimum Gasteiger partial charge on any atom is -0.394 e. The highest BCUT2D eigenvalue weighted by Gasteiger charge is 2.38. The molecule has 0 saturated heterocycles. The Hall–Kier alpha value is -2.41. The van der Waals surface area contributed by atoms with Crippen LogP contribution in [0, 0.1) is 5.92 Å². The van der Waals surface area contributed by atoms with Crippen molar-refractivity contribution in [2.75, 3.05) is 53.2 Å².